The molecule has 0 saturated heterocycles. The average Bonchev–Trinajstić information content (AvgIpc) is 2.79. The van der Waals surface area contributed by atoms with Crippen LogP contribution in [0.3, 0.4) is 0 Å². The molecule has 1 aromatic rings. The highest BCUT2D eigenvalue weighted by molar-refractivity contribution is 5.80. The molecule has 0 aliphatic rings. The molecule has 0 aliphatic heterocycles. The minimum Gasteiger partial charge on any atom is -0.480 e. The van der Waals surface area contributed by atoms with Gasteiger partial charge in [-0.3, -0.25) is 9.48 Å². The molecule has 2 N–H and O–H groups in total. The summed E-state index contributed by atoms with van der Waals surface area (Å²) in [5.41, 5.74) is 1.05. The monoisotopic (exact) mass is 284 g/mol. The highest BCUT2D eigenvalue weighted by Gasteiger charge is 2.15. The Hall–Kier alpha value is -2.09. The molecule has 0 bridgehead atoms. The van der Waals surface area contributed by atoms with Gasteiger partial charge < -0.3 is 20.1 Å². The van der Waals surface area contributed by atoms with Crippen LogP contribution in [-0.2, 0) is 16.1 Å². The van der Waals surface area contributed by atoms with Crippen LogP contribution in [0.5, 0.6) is 0 Å². The molecule has 0 fully saturated rings. The van der Waals surface area contributed by atoms with Gasteiger partial charge >= 0.3 is 12.0 Å². The van der Waals surface area contributed by atoms with E-state index in [1.165, 1.54) is 12.0 Å². The molecular formula is C12H20N4O4. The van der Waals surface area contributed by atoms with Gasteiger partial charge in [0.05, 0.1) is 19.3 Å². The minimum atomic E-state index is -1.06. The maximum Gasteiger partial charge on any atom is 0.323 e. The first-order valence-electron chi connectivity index (χ1n) is 6.25. The third-order valence-corrected chi connectivity index (χ3v) is 2.56. The molecular weight excluding hydrogens is 264 g/mol. The Labute approximate surface area is 117 Å². The number of nitrogens with zero attached hydrogens (tertiary/aromatic N) is 3. The van der Waals surface area contributed by atoms with Gasteiger partial charge in [0.2, 0.25) is 0 Å². The molecule has 1 aromatic heterocycles. The van der Waals surface area contributed by atoms with E-state index in [-0.39, 0.29) is 13.1 Å². The van der Waals surface area contributed by atoms with Crippen molar-refractivity contribution in [2.24, 2.45) is 0 Å². The number of aryl methyl sites for hydroxylation is 1. The standard InChI is InChI=1S/C12H20N4O4/c1-10-7-14-16(8-10)4-3-13-12(19)15(5-6-20-2)9-11(17)18/h7-8H,3-6,9H2,1-2H3,(H,13,19)(H,17,18). The lowest BCUT2D eigenvalue weighted by Gasteiger charge is -2.20. The number of methoxy groups -OCH3 is 1. The van der Waals surface area contributed by atoms with E-state index in [2.05, 4.69) is 10.4 Å². The van der Waals surface area contributed by atoms with Crippen molar-refractivity contribution >= 4 is 12.0 Å². The predicted molar refractivity (Wildman–Crippen MR) is 71.4 cm³/mol. The summed E-state index contributed by atoms with van der Waals surface area (Å²) in [6, 6.07) is -0.423. The summed E-state index contributed by atoms with van der Waals surface area (Å²) in [5.74, 6) is -1.06. The van der Waals surface area contributed by atoms with E-state index >= 15 is 0 Å². The van der Waals surface area contributed by atoms with Gasteiger partial charge in [-0.15, -0.1) is 0 Å². The van der Waals surface area contributed by atoms with Crippen molar-refractivity contribution in [3.8, 4) is 0 Å². The molecule has 0 aliphatic carbocycles. The summed E-state index contributed by atoms with van der Waals surface area (Å²) in [4.78, 5) is 23.7. The van der Waals surface area contributed by atoms with Gasteiger partial charge in [0.25, 0.3) is 0 Å². The number of nitrogens with one attached hydrogen (secondary N) is 1. The molecule has 8 heteroatoms. The van der Waals surface area contributed by atoms with E-state index in [9.17, 15) is 9.59 Å². The van der Waals surface area contributed by atoms with Crippen LogP contribution in [0.25, 0.3) is 0 Å². The Bertz CT molecular complexity index is 446. The zero-order chi connectivity index (χ0) is 15.0. The van der Waals surface area contributed by atoms with Gasteiger partial charge in [-0.2, -0.15) is 5.10 Å². The van der Waals surface area contributed by atoms with Crippen LogP contribution in [-0.4, -0.2) is 65.1 Å². The SMILES string of the molecule is COCCN(CC(=O)O)C(=O)NCCn1cc(C)cn1. The molecule has 20 heavy (non-hydrogen) atoms. The largest absolute Gasteiger partial charge is 0.480 e. The molecule has 8 nitrogen and oxygen atoms in total. The molecule has 112 valence electrons. The second-order valence-electron chi connectivity index (χ2n) is 4.32. The number of aromatic nitrogens is 2. The van der Waals surface area contributed by atoms with Crippen LogP contribution in [0.1, 0.15) is 5.56 Å². The van der Waals surface area contributed by atoms with Crippen LogP contribution in [0.2, 0.25) is 0 Å². The number of carboxylic acids is 1. The van der Waals surface area contributed by atoms with Crippen molar-refractivity contribution in [3.05, 3.63) is 18.0 Å². The summed E-state index contributed by atoms with van der Waals surface area (Å²) >= 11 is 0. The first kappa shape index (κ1) is 16.0. The van der Waals surface area contributed by atoms with Gasteiger partial charge in [-0.25, -0.2) is 4.79 Å². The van der Waals surface area contributed by atoms with E-state index in [0.29, 0.717) is 19.7 Å². The summed E-state index contributed by atoms with van der Waals surface area (Å²) in [7, 11) is 1.50. The summed E-state index contributed by atoms with van der Waals surface area (Å²) in [6.07, 6.45) is 3.60. The zero-order valence-electron chi connectivity index (χ0n) is 11.7. The van der Waals surface area contributed by atoms with Crippen LogP contribution in [0.4, 0.5) is 4.79 Å². The number of hydrogen-bond acceptors (Lipinski definition) is 4. The van der Waals surface area contributed by atoms with Crippen LogP contribution in [0, 0.1) is 6.92 Å². The molecule has 1 rings (SSSR count). The lowest BCUT2D eigenvalue weighted by molar-refractivity contribution is -0.137. The predicted octanol–water partition coefficient (Wildman–Crippen LogP) is -0.0659. The minimum absolute atomic E-state index is 0.232. The maximum atomic E-state index is 11.8. The number of ether oxygens (including phenoxy) is 1. The first-order valence-corrected chi connectivity index (χ1v) is 6.25. The molecule has 0 radical (unpaired) electrons. The fourth-order valence-corrected chi connectivity index (χ4v) is 1.60. The molecule has 0 atom stereocenters. The normalized spacial score (nSPS) is 10.3. The van der Waals surface area contributed by atoms with Crippen LogP contribution in [0.15, 0.2) is 12.4 Å². The van der Waals surface area contributed by atoms with E-state index in [4.69, 9.17) is 9.84 Å². The lowest BCUT2D eigenvalue weighted by atomic mass is 10.4. The van der Waals surface area contributed by atoms with Crippen LogP contribution >= 0.6 is 0 Å². The summed E-state index contributed by atoms with van der Waals surface area (Å²) in [5, 5.41) is 15.5. The number of carboxylic acid groups (broad SMARTS) is 1. The third kappa shape index (κ3) is 5.70. The fraction of sp³-hybridized carbons (Fsp3) is 0.583. The van der Waals surface area contributed by atoms with Gasteiger partial charge in [0.15, 0.2) is 0 Å². The van der Waals surface area contributed by atoms with Crippen LogP contribution < -0.4 is 5.32 Å². The van der Waals surface area contributed by atoms with Gasteiger partial charge in [-0.1, -0.05) is 0 Å². The number of hydrogen-bond donors (Lipinski definition) is 2. The molecule has 0 aromatic carbocycles. The Balaban J connectivity index is 2.38. The van der Waals surface area contributed by atoms with Crippen molar-refractivity contribution in [2.45, 2.75) is 13.5 Å². The molecule has 1 heterocycles. The molecule has 0 unspecified atom stereocenters. The second-order valence-corrected chi connectivity index (χ2v) is 4.32. The number of carbonyl (C=O) groups excluding carboxylic acids is 1. The van der Waals surface area contributed by atoms with Gasteiger partial charge in [0, 0.05) is 26.4 Å². The molecule has 0 saturated carbocycles. The van der Waals surface area contributed by atoms with Gasteiger partial charge in [-0.05, 0) is 12.5 Å². The zero-order valence-corrected chi connectivity index (χ0v) is 11.7. The number of rotatable bonds is 8. The topological polar surface area (TPSA) is 96.7 Å². The Kier molecular flexibility index (Phi) is 6.51. The van der Waals surface area contributed by atoms with Crippen molar-refractivity contribution < 1.29 is 19.4 Å². The van der Waals surface area contributed by atoms with E-state index in [1.54, 1.807) is 10.9 Å². The third-order valence-electron chi connectivity index (χ3n) is 2.56. The van der Waals surface area contributed by atoms with E-state index in [0.717, 1.165) is 5.56 Å². The summed E-state index contributed by atoms with van der Waals surface area (Å²) in [6.45, 7) is 3.01. The lowest BCUT2D eigenvalue weighted by Crippen LogP contribution is -2.45. The van der Waals surface area contributed by atoms with Crippen molar-refractivity contribution in [1.29, 1.82) is 0 Å². The highest BCUT2D eigenvalue weighted by atomic mass is 16.5. The first-order chi connectivity index (χ1) is 9.52. The second kappa shape index (κ2) is 8.16. The average molecular weight is 284 g/mol. The maximum absolute atomic E-state index is 11.8. The van der Waals surface area contributed by atoms with E-state index in [1.807, 2.05) is 13.1 Å². The molecule has 0 spiro atoms. The Morgan fingerprint density at radius 2 is 2.30 bits per heavy atom. The summed E-state index contributed by atoms with van der Waals surface area (Å²) < 4.78 is 6.57. The number of urea groups is 1. The number of amides is 2. The number of aliphatic carboxylic acids is 1. The Morgan fingerprint density at radius 1 is 1.55 bits per heavy atom. The Morgan fingerprint density at radius 3 is 2.85 bits per heavy atom. The fourth-order valence-electron chi connectivity index (χ4n) is 1.60. The van der Waals surface area contributed by atoms with Crippen molar-refractivity contribution in [3.63, 3.8) is 0 Å². The van der Waals surface area contributed by atoms with Gasteiger partial charge in [0.1, 0.15) is 6.54 Å². The van der Waals surface area contributed by atoms with Crippen molar-refractivity contribution in [2.75, 3.05) is 33.4 Å². The molecule has 2 amide bonds. The van der Waals surface area contributed by atoms with Crippen molar-refractivity contribution in [1.82, 2.24) is 20.0 Å². The smallest absolute Gasteiger partial charge is 0.323 e. The number of carbonyl (C=O) groups is 2. The van der Waals surface area contributed by atoms with E-state index < -0.39 is 12.0 Å². The quantitative estimate of drug-likeness (QED) is 0.697. The highest BCUT2D eigenvalue weighted by Crippen LogP contribution is 1.94.